The van der Waals surface area contributed by atoms with Gasteiger partial charge in [0.1, 0.15) is 5.82 Å². The van der Waals surface area contributed by atoms with E-state index in [0.717, 1.165) is 28.1 Å². The minimum Gasteiger partial charge on any atom is -0.322 e. The highest BCUT2D eigenvalue weighted by atomic mass is 32.2. The third-order valence-electron chi connectivity index (χ3n) is 4.75. The van der Waals surface area contributed by atoms with E-state index in [2.05, 4.69) is 36.9 Å². The van der Waals surface area contributed by atoms with Gasteiger partial charge in [-0.05, 0) is 26.7 Å². The number of aromatic amines is 1. The predicted octanol–water partition coefficient (Wildman–Crippen LogP) is 3.58. The van der Waals surface area contributed by atoms with Crippen molar-refractivity contribution in [3.63, 3.8) is 0 Å². The van der Waals surface area contributed by atoms with Crippen molar-refractivity contribution >= 4 is 23.4 Å². The molecule has 26 heavy (non-hydrogen) atoms. The van der Waals surface area contributed by atoms with Crippen LogP contribution in [0.4, 0.5) is 5.69 Å². The third kappa shape index (κ3) is 4.17. The van der Waals surface area contributed by atoms with Crippen molar-refractivity contribution in [3.8, 4) is 0 Å². The van der Waals surface area contributed by atoms with E-state index in [-0.39, 0.29) is 11.7 Å². The molecule has 0 aliphatic heterocycles. The van der Waals surface area contributed by atoms with Crippen LogP contribution in [0.2, 0.25) is 0 Å². The van der Waals surface area contributed by atoms with Crippen molar-refractivity contribution in [2.45, 2.75) is 63.6 Å². The number of H-pyrrole nitrogens is 1. The number of hydrogen-bond donors (Lipinski definition) is 2. The molecule has 1 amide bonds. The summed E-state index contributed by atoms with van der Waals surface area (Å²) in [5.41, 5.74) is 2.40. The molecule has 2 N–H and O–H groups in total. The number of thioether (sulfide) groups is 1. The van der Waals surface area contributed by atoms with Crippen LogP contribution >= 0.6 is 11.8 Å². The zero-order chi connectivity index (χ0) is 18.5. The first kappa shape index (κ1) is 18.7. The molecule has 2 heterocycles. The van der Waals surface area contributed by atoms with Crippen molar-refractivity contribution in [1.82, 2.24) is 25.0 Å². The average molecular weight is 375 g/mol. The topological polar surface area (TPSA) is 88.5 Å². The molecule has 0 aromatic carbocycles. The highest BCUT2D eigenvalue weighted by Gasteiger charge is 2.23. The Bertz CT molecular complexity index is 755. The number of carbonyl (C=O) groups is 1. The van der Waals surface area contributed by atoms with Gasteiger partial charge in [-0.25, -0.2) is 0 Å². The standard InChI is InChI=1S/C18H26N6OS/c1-4-10-24-17(14-8-6-5-7-9-14)22-23-18(24)26-11-15(25)19-16-12(2)20-21-13(16)3/h4,14H,1,5-11H2,2-3H3,(H,19,25)(H,20,21). The fourth-order valence-electron chi connectivity index (χ4n) is 3.41. The number of hydrogen-bond acceptors (Lipinski definition) is 5. The fraction of sp³-hybridized carbons (Fsp3) is 0.556. The van der Waals surface area contributed by atoms with Gasteiger partial charge in [-0.15, -0.1) is 16.8 Å². The molecular formula is C18H26N6OS. The Labute approximate surface area is 158 Å². The molecule has 0 saturated heterocycles. The molecule has 7 nitrogen and oxygen atoms in total. The minimum absolute atomic E-state index is 0.0741. The molecule has 0 unspecified atom stereocenters. The number of amides is 1. The second kappa shape index (κ2) is 8.53. The zero-order valence-electron chi connectivity index (χ0n) is 15.4. The number of anilines is 1. The fourth-order valence-corrected chi connectivity index (χ4v) is 4.17. The van der Waals surface area contributed by atoms with Gasteiger partial charge in [-0.1, -0.05) is 37.1 Å². The maximum Gasteiger partial charge on any atom is 0.234 e. The first-order chi connectivity index (χ1) is 12.6. The summed E-state index contributed by atoms with van der Waals surface area (Å²) in [4.78, 5) is 12.3. The van der Waals surface area contributed by atoms with Gasteiger partial charge in [0.15, 0.2) is 5.16 Å². The lowest BCUT2D eigenvalue weighted by atomic mass is 9.89. The van der Waals surface area contributed by atoms with Crippen LogP contribution in [0.15, 0.2) is 17.8 Å². The SMILES string of the molecule is C=CCn1c(SCC(=O)Nc2c(C)n[nH]c2C)nnc1C1CCCCC1. The first-order valence-corrected chi connectivity index (χ1v) is 10.1. The van der Waals surface area contributed by atoms with E-state index in [4.69, 9.17) is 0 Å². The van der Waals surface area contributed by atoms with Crippen LogP contribution in [0.5, 0.6) is 0 Å². The Morgan fingerprint density at radius 2 is 2.12 bits per heavy atom. The van der Waals surface area contributed by atoms with Crippen LogP contribution in [0.1, 0.15) is 55.2 Å². The minimum atomic E-state index is -0.0741. The molecule has 1 aliphatic carbocycles. The molecule has 3 rings (SSSR count). The highest BCUT2D eigenvalue weighted by molar-refractivity contribution is 7.99. The van der Waals surface area contributed by atoms with E-state index in [1.54, 1.807) is 0 Å². The van der Waals surface area contributed by atoms with Crippen molar-refractivity contribution in [2.24, 2.45) is 0 Å². The molecule has 2 aromatic heterocycles. The summed E-state index contributed by atoms with van der Waals surface area (Å²) in [5, 5.41) is 19.4. The average Bonchev–Trinajstić information content (AvgIpc) is 3.19. The second-order valence-electron chi connectivity index (χ2n) is 6.72. The number of allylic oxidation sites excluding steroid dienone is 1. The molecule has 1 aliphatic rings. The Morgan fingerprint density at radius 3 is 2.77 bits per heavy atom. The lowest BCUT2D eigenvalue weighted by molar-refractivity contribution is -0.113. The number of carbonyl (C=O) groups excluding carboxylic acids is 1. The Morgan fingerprint density at radius 1 is 1.35 bits per heavy atom. The number of nitrogens with one attached hydrogen (secondary N) is 2. The molecule has 1 saturated carbocycles. The Kier molecular flexibility index (Phi) is 6.13. The van der Waals surface area contributed by atoms with Crippen molar-refractivity contribution in [2.75, 3.05) is 11.1 Å². The zero-order valence-corrected chi connectivity index (χ0v) is 16.2. The summed E-state index contributed by atoms with van der Waals surface area (Å²) >= 11 is 1.41. The van der Waals surface area contributed by atoms with Crippen LogP contribution in [0.3, 0.4) is 0 Å². The lowest BCUT2D eigenvalue weighted by Gasteiger charge is -2.21. The molecule has 140 valence electrons. The Hall–Kier alpha value is -2.09. The number of rotatable bonds is 7. The van der Waals surface area contributed by atoms with Gasteiger partial charge in [0.25, 0.3) is 0 Å². The number of aromatic nitrogens is 5. The van der Waals surface area contributed by atoms with E-state index in [9.17, 15) is 4.79 Å². The second-order valence-corrected chi connectivity index (χ2v) is 7.66. The number of nitrogens with zero attached hydrogens (tertiary/aromatic N) is 4. The van der Waals surface area contributed by atoms with Gasteiger partial charge in [0, 0.05) is 12.5 Å². The smallest absolute Gasteiger partial charge is 0.234 e. The lowest BCUT2D eigenvalue weighted by Crippen LogP contribution is -2.16. The van der Waals surface area contributed by atoms with Gasteiger partial charge >= 0.3 is 0 Å². The summed E-state index contributed by atoms with van der Waals surface area (Å²) in [6.45, 7) is 8.27. The Balaban J connectivity index is 1.66. The summed E-state index contributed by atoms with van der Waals surface area (Å²) in [6.07, 6.45) is 8.00. The van der Waals surface area contributed by atoms with Crippen molar-refractivity contribution in [3.05, 3.63) is 29.9 Å². The van der Waals surface area contributed by atoms with E-state index in [0.29, 0.717) is 12.5 Å². The van der Waals surface area contributed by atoms with Crippen LogP contribution < -0.4 is 5.32 Å². The molecule has 2 aromatic rings. The predicted molar refractivity (Wildman–Crippen MR) is 103 cm³/mol. The maximum atomic E-state index is 12.3. The molecule has 0 bridgehead atoms. The third-order valence-corrected chi connectivity index (χ3v) is 5.72. The maximum absolute atomic E-state index is 12.3. The summed E-state index contributed by atoms with van der Waals surface area (Å²) < 4.78 is 2.11. The van der Waals surface area contributed by atoms with Crippen LogP contribution in [-0.4, -0.2) is 36.6 Å². The number of aryl methyl sites for hydroxylation is 2. The quantitative estimate of drug-likeness (QED) is 0.571. The molecular weight excluding hydrogens is 348 g/mol. The molecule has 0 radical (unpaired) electrons. The van der Waals surface area contributed by atoms with Gasteiger partial charge in [-0.3, -0.25) is 9.89 Å². The van der Waals surface area contributed by atoms with Gasteiger partial charge in [0.05, 0.1) is 22.8 Å². The molecule has 0 atom stereocenters. The van der Waals surface area contributed by atoms with Crippen molar-refractivity contribution in [1.29, 1.82) is 0 Å². The van der Waals surface area contributed by atoms with Crippen LogP contribution in [0.25, 0.3) is 0 Å². The molecule has 8 heteroatoms. The van der Waals surface area contributed by atoms with E-state index in [1.165, 1.54) is 43.9 Å². The van der Waals surface area contributed by atoms with Crippen LogP contribution in [0, 0.1) is 13.8 Å². The van der Waals surface area contributed by atoms with Crippen LogP contribution in [-0.2, 0) is 11.3 Å². The molecule has 1 fully saturated rings. The summed E-state index contributed by atoms with van der Waals surface area (Å²) in [5.74, 6) is 1.71. The van der Waals surface area contributed by atoms with Crippen molar-refractivity contribution < 1.29 is 4.79 Å². The summed E-state index contributed by atoms with van der Waals surface area (Å²) in [7, 11) is 0. The largest absolute Gasteiger partial charge is 0.322 e. The van der Waals surface area contributed by atoms with E-state index in [1.807, 2.05) is 19.9 Å². The monoisotopic (exact) mass is 374 g/mol. The van der Waals surface area contributed by atoms with E-state index < -0.39 is 0 Å². The highest BCUT2D eigenvalue weighted by Crippen LogP contribution is 2.33. The van der Waals surface area contributed by atoms with Gasteiger partial charge in [-0.2, -0.15) is 5.10 Å². The van der Waals surface area contributed by atoms with Gasteiger partial charge in [0.2, 0.25) is 5.91 Å². The first-order valence-electron chi connectivity index (χ1n) is 9.08. The normalized spacial score (nSPS) is 15.2. The molecule has 0 spiro atoms. The van der Waals surface area contributed by atoms with Gasteiger partial charge < -0.3 is 9.88 Å². The summed E-state index contributed by atoms with van der Waals surface area (Å²) in [6, 6.07) is 0. The van der Waals surface area contributed by atoms with E-state index >= 15 is 0 Å².